The molecule has 2 rings (SSSR count). The highest BCUT2D eigenvalue weighted by Gasteiger charge is 2.33. The Morgan fingerprint density at radius 3 is 2.48 bits per heavy atom. The molecule has 0 aliphatic heterocycles. The second-order valence-corrected chi connectivity index (χ2v) is 6.15. The van der Waals surface area contributed by atoms with Crippen LogP contribution in [0.1, 0.15) is 5.56 Å². The summed E-state index contributed by atoms with van der Waals surface area (Å²) in [4.78, 5) is 2.04. The zero-order valence-electron chi connectivity index (χ0n) is 13.4. The molecule has 0 aliphatic rings. The SMILES string of the molecule is CN(CCNC(=S)Nc1ccc(Cl)c(C(F)(F)F)c1)c1ccccc1. The van der Waals surface area contributed by atoms with Crippen molar-refractivity contribution < 1.29 is 13.2 Å². The van der Waals surface area contributed by atoms with Gasteiger partial charge in [0.25, 0.3) is 0 Å². The van der Waals surface area contributed by atoms with Crippen LogP contribution in [0.25, 0.3) is 0 Å². The van der Waals surface area contributed by atoms with Gasteiger partial charge in [0.2, 0.25) is 0 Å². The lowest BCUT2D eigenvalue weighted by Crippen LogP contribution is -2.35. The Morgan fingerprint density at radius 1 is 1.16 bits per heavy atom. The molecule has 134 valence electrons. The summed E-state index contributed by atoms with van der Waals surface area (Å²) in [7, 11) is 1.95. The highest BCUT2D eigenvalue weighted by molar-refractivity contribution is 7.80. The molecule has 0 saturated carbocycles. The van der Waals surface area contributed by atoms with Gasteiger partial charge in [-0.05, 0) is 42.5 Å². The fourth-order valence-electron chi connectivity index (χ4n) is 2.14. The first-order valence-electron chi connectivity index (χ1n) is 7.45. The summed E-state index contributed by atoms with van der Waals surface area (Å²) in [5.41, 5.74) is 0.395. The number of alkyl halides is 3. The maximum atomic E-state index is 12.9. The van der Waals surface area contributed by atoms with E-state index >= 15 is 0 Å². The first kappa shape index (κ1) is 19.3. The first-order valence-corrected chi connectivity index (χ1v) is 8.24. The molecule has 0 heterocycles. The van der Waals surface area contributed by atoms with Crippen molar-refractivity contribution in [2.24, 2.45) is 0 Å². The van der Waals surface area contributed by atoms with Crippen molar-refractivity contribution in [3.05, 3.63) is 59.1 Å². The summed E-state index contributed by atoms with van der Waals surface area (Å²) in [5, 5.41) is 5.61. The van der Waals surface area contributed by atoms with Crippen LogP contribution in [-0.2, 0) is 6.18 Å². The minimum atomic E-state index is -4.51. The monoisotopic (exact) mass is 387 g/mol. The van der Waals surface area contributed by atoms with Crippen molar-refractivity contribution in [2.75, 3.05) is 30.4 Å². The van der Waals surface area contributed by atoms with Crippen molar-refractivity contribution in [3.8, 4) is 0 Å². The van der Waals surface area contributed by atoms with Gasteiger partial charge in [0, 0.05) is 31.5 Å². The molecule has 0 radical (unpaired) electrons. The summed E-state index contributed by atoms with van der Waals surface area (Å²) < 4.78 is 38.6. The summed E-state index contributed by atoms with van der Waals surface area (Å²) in [6, 6.07) is 13.4. The molecule has 0 aliphatic carbocycles. The van der Waals surface area contributed by atoms with Crippen LogP contribution in [0.5, 0.6) is 0 Å². The topological polar surface area (TPSA) is 27.3 Å². The van der Waals surface area contributed by atoms with Crippen LogP contribution in [0.4, 0.5) is 24.5 Å². The Hall–Kier alpha value is -1.99. The van der Waals surface area contributed by atoms with E-state index in [1.807, 2.05) is 42.3 Å². The fraction of sp³-hybridized carbons (Fsp3) is 0.235. The summed E-state index contributed by atoms with van der Waals surface area (Å²) in [6.45, 7) is 1.22. The molecule has 0 saturated heterocycles. The smallest absolute Gasteiger partial charge is 0.373 e. The minimum Gasteiger partial charge on any atom is -0.373 e. The van der Waals surface area contributed by atoms with E-state index in [1.165, 1.54) is 12.1 Å². The van der Waals surface area contributed by atoms with Crippen LogP contribution >= 0.6 is 23.8 Å². The molecule has 2 aromatic carbocycles. The zero-order valence-corrected chi connectivity index (χ0v) is 15.0. The third-order valence-electron chi connectivity index (χ3n) is 3.46. The molecule has 0 aromatic heterocycles. The Morgan fingerprint density at radius 2 is 1.84 bits per heavy atom. The lowest BCUT2D eigenvalue weighted by Gasteiger charge is -2.20. The molecule has 0 unspecified atom stereocenters. The van der Waals surface area contributed by atoms with Crippen LogP contribution < -0.4 is 15.5 Å². The Balaban J connectivity index is 1.86. The number of thiocarbonyl (C=S) groups is 1. The van der Waals surface area contributed by atoms with Crippen molar-refractivity contribution in [1.29, 1.82) is 0 Å². The van der Waals surface area contributed by atoms with Crippen LogP contribution in [-0.4, -0.2) is 25.2 Å². The number of likely N-dealkylation sites (N-methyl/N-ethyl adjacent to an activating group) is 1. The summed E-state index contributed by atoms with van der Waals surface area (Å²) in [6.07, 6.45) is -4.51. The molecular formula is C17H17ClF3N3S. The quantitative estimate of drug-likeness (QED) is 0.722. The van der Waals surface area contributed by atoms with E-state index in [0.29, 0.717) is 13.1 Å². The van der Waals surface area contributed by atoms with Crippen molar-refractivity contribution in [1.82, 2.24) is 5.32 Å². The van der Waals surface area contributed by atoms with Crippen molar-refractivity contribution >= 4 is 40.3 Å². The number of nitrogens with zero attached hydrogens (tertiary/aromatic N) is 1. The van der Waals surface area contributed by atoms with E-state index in [2.05, 4.69) is 10.6 Å². The molecule has 2 N–H and O–H groups in total. The summed E-state index contributed by atoms with van der Waals surface area (Å²) >= 11 is 10.7. The highest BCUT2D eigenvalue weighted by Crippen LogP contribution is 2.36. The van der Waals surface area contributed by atoms with Gasteiger partial charge in [-0.1, -0.05) is 29.8 Å². The van der Waals surface area contributed by atoms with Gasteiger partial charge in [-0.25, -0.2) is 0 Å². The van der Waals surface area contributed by atoms with Crippen LogP contribution in [0.15, 0.2) is 48.5 Å². The molecule has 8 heteroatoms. The Bertz CT molecular complexity index is 723. The van der Waals surface area contributed by atoms with Gasteiger partial charge >= 0.3 is 6.18 Å². The largest absolute Gasteiger partial charge is 0.417 e. The molecule has 0 fully saturated rings. The number of benzene rings is 2. The molecule has 0 spiro atoms. The van der Waals surface area contributed by atoms with Gasteiger partial charge in [0.15, 0.2) is 5.11 Å². The van der Waals surface area contributed by atoms with E-state index in [0.717, 1.165) is 11.8 Å². The van der Waals surface area contributed by atoms with Crippen molar-refractivity contribution in [3.63, 3.8) is 0 Å². The number of rotatable bonds is 5. The maximum absolute atomic E-state index is 12.9. The Kier molecular flexibility index (Phi) is 6.50. The van der Waals surface area contributed by atoms with Crippen LogP contribution in [0.3, 0.4) is 0 Å². The zero-order chi connectivity index (χ0) is 18.4. The number of hydrogen-bond acceptors (Lipinski definition) is 2. The highest BCUT2D eigenvalue weighted by atomic mass is 35.5. The van der Waals surface area contributed by atoms with Crippen LogP contribution in [0.2, 0.25) is 5.02 Å². The Labute approximate surface area is 154 Å². The predicted octanol–water partition coefficient (Wildman–Crippen LogP) is 4.78. The lowest BCUT2D eigenvalue weighted by atomic mass is 10.2. The average Bonchev–Trinajstić information content (AvgIpc) is 2.56. The minimum absolute atomic E-state index is 0.227. The van der Waals surface area contributed by atoms with Crippen molar-refractivity contribution in [2.45, 2.75) is 6.18 Å². The normalized spacial score (nSPS) is 11.1. The second-order valence-electron chi connectivity index (χ2n) is 5.33. The number of anilines is 2. The lowest BCUT2D eigenvalue weighted by molar-refractivity contribution is -0.137. The molecular weight excluding hydrogens is 371 g/mol. The second kappa shape index (κ2) is 8.40. The molecule has 3 nitrogen and oxygen atoms in total. The molecule has 0 amide bonds. The van der Waals surface area contributed by atoms with E-state index in [-0.39, 0.29) is 15.8 Å². The molecule has 25 heavy (non-hydrogen) atoms. The molecule has 0 bridgehead atoms. The van der Waals surface area contributed by atoms with E-state index < -0.39 is 11.7 Å². The average molecular weight is 388 g/mol. The third-order valence-corrected chi connectivity index (χ3v) is 4.04. The number of halogens is 4. The van der Waals surface area contributed by atoms with Gasteiger partial charge in [0.1, 0.15) is 0 Å². The number of para-hydroxylation sites is 1. The fourth-order valence-corrected chi connectivity index (χ4v) is 2.59. The van der Waals surface area contributed by atoms with Gasteiger partial charge in [-0.15, -0.1) is 0 Å². The van der Waals surface area contributed by atoms with E-state index in [4.69, 9.17) is 23.8 Å². The summed E-state index contributed by atoms with van der Waals surface area (Å²) in [5.74, 6) is 0. The van der Waals surface area contributed by atoms with Gasteiger partial charge in [-0.3, -0.25) is 0 Å². The van der Waals surface area contributed by atoms with E-state index in [1.54, 1.807) is 0 Å². The van der Waals surface area contributed by atoms with Gasteiger partial charge in [0.05, 0.1) is 10.6 Å². The molecule has 2 aromatic rings. The van der Waals surface area contributed by atoms with Gasteiger partial charge in [-0.2, -0.15) is 13.2 Å². The number of nitrogens with one attached hydrogen (secondary N) is 2. The third kappa shape index (κ3) is 5.79. The standard InChI is InChI=1S/C17H17ClF3N3S/c1-24(13-5-3-2-4-6-13)10-9-22-16(25)23-12-7-8-15(18)14(11-12)17(19,20)21/h2-8,11H,9-10H2,1H3,(H2,22,23,25). The van der Waals surface area contributed by atoms with Gasteiger partial charge < -0.3 is 15.5 Å². The predicted molar refractivity (Wildman–Crippen MR) is 100 cm³/mol. The number of hydrogen-bond donors (Lipinski definition) is 2. The molecule has 0 atom stereocenters. The van der Waals surface area contributed by atoms with Crippen LogP contribution in [0, 0.1) is 0 Å². The first-order chi connectivity index (χ1) is 11.8. The maximum Gasteiger partial charge on any atom is 0.417 e. The van der Waals surface area contributed by atoms with E-state index in [9.17, 15) is 13.2 Å².